The molecule has 1 atom stereocenters. The van der Waals surface area contributed by atoms with Gasteiger partial charge in [-0.25, -0.2) is 4.79 Å². The first-order valence-electron chi connectivity index (χ1n) is 4.60. The maximum absolute atomic E-state index is 10.2. The molecule has 0 aliphatic carbocycles. The monoisotopic (exact) mass is 184 g/mol. The van der Waals surface area contributed by atoms with Crippen molar-refractivity contribution in [2.24, 2.45) is 0 Å². The Labute approximate surface area is 78.2 Å². The number of likely N-dealkylation sites (tertiary alicyclic amines) is 1. The van der Waals surface area contributed by atoms with Crippen molar-refractivity contribution in [3.8, 4) is 0 Å². The van der Waals surface area contributed by atoms with Crippen LogP contribution >= 0.6 is 0 Å². The molecule has 1 unspecified atom stereocenters. The third-order valence-corrected chi connectivity index (χ3v) is 2.28. The van der Waals surface area contributed by atoms with Crippen molar-refractivity contribution in [1.29, 1.82) is 0 Å². The molecule has 1 heterocycles. The molecule has 1 aliphatic heterocycles. The summed E-state index contributed by atoms with van der Waals surface area (Å²) in [6.45, 7) is 5.33. The molecule has 0 aromatic heterocycles. The number of likely N-dealkylation sites (N-methyl/N-ethyl adjacent to an activating group) is 1. The lowest BCUT2D eigenvalue weighted by atomic mass is 10.3. The summed E-state index contributed by atoms with van der Waals surface area (Å²) in [5.74, 6) is -0.905. The maximum atomic E-state index is 10.2. The minimum absolute atomic E-state index is 0.413. The molecule has 0 bridgehead atoms. The van der Waals surface area contributed by atoms with Crippen LogP contribution < -0.4 is 5.32 Å². The Hall–Kier alpha value is -1.03. The van der Waals surface area contributed by atoms with Crippen LogP contribution in [-0.2, 0) is 4.79 Å². The van der Waals surface area contributed by atoms with Crippen LogP contribution in [0, 0.1) is 0 Å². The molecule has 4 heteroatoms. The van der Waals surface area contributed by atoms with Gasteiger partial charge in [0, 0.05) is 31.4 Å². The van der Waals surface area contributed by atoms with Gasteiger partial charge in [0.25, 0.3) is 0 Å². The minimum atomic E-state index is -0.905. The van der Waals surface area contributed by atoms with Crippen molar-refractivity contribution < 1.29 is 9.90 Å². The van der Waals surface area contributed by atoms with Crippen LogP contribution in [-0.4, -0.2) is 41.7 Å². The smallest absolute Gasteiger partial charge is 0.329 e. The molecule has 0 aromatic carbocycles. The predicted octanol–water partition coefficient (Wildman–Crippen LogP) is 0.268. The average molecular weight is 184 g/mol. The molecular weight excluding hydrogens is 168 g/mol. The summed E-state index contributed by atoms with van der Waals surface area (Å²) in [6, 6.07) is 0.413. The van der Waals surface area contributed by atoms with Gasteiger partial charge >= 0.3 is 5.97 Å². The maximum Gasteiger partial charge on any atom is 0.329 e. The third kappa shape index (κ3) is 3.46. The minimum Gasteiger partial charge on any atom is -0.478 e. The second kappa shape index (κ2) is 4.87. The van der Waals surface area contributed by atoms with Gasteiger partial charge in [0.15, 0.2) is 0 Å². The van der Waals surface area contributed by atoms with Gasteiger partial charge < -0.3 is 15.3 Å². The highest BCUT2D eigenvalue weighted by Crippen LogP contribution is 2.07. The Balaban J connectivity index is 2.20. The van der Waals surface area contributed by atoms with Crippen molar-refractivity contribution in [3.63, 3.8) is 0 Å². The summed E-state index contributed by atoms with van der Waals surface area (Å²) < 4.78 is 0. The Bertz CT molecular complexity index is 204. The Morgan fingerprint density at radius 3 is 3.08 bits per heavy atom. The zero-order valence-electron chi connectivity index (χ0n) is 7.86. The summed E-state index contributed by atoms with van der Waals surface area (Å²) in [6.07, 6.45) is 3.75. The van der Waals surface area contributed by atoms with Crippen LogP contribution in [0.1, 0.15) is 13.3 Å². The van der Waals surface area contributed by atoms with Crippen LogP contribution in [0.15, 0.2) is 12.3 Å². The topological polar surface area (TPSA) is 52.6 Å². The molecule has 0 aromatic rings. The van der Waals surface area contributed by atoms with Crippen LogP contribution in [0.25, 0.3) is 0 Å². The van der Waals surface area contributed by atoms with Gasteiger partial charge in [-0.1, -0.05) is 6.92 Å². The summed E-state index contributed by atoms with van der Waals surface area (Å²) in [7, 11) is 0. The quantitative estimate of drug-likeness (QED) is 0.616. The predicted molar refractivity (Wildman–Crippen MR) is 50.4 cm³/mol. The summed E-state index contributed by atoms with van der Waals surface area (Å²) in [4.78, 5) is 12.5. The van der Waals surface area contributed by atoms with Gasteiger partial charge in [0.1, 0.15) is 0 Å². The molecule has 2 N–H and O–H groups in total. The fraction of sp³-hybridized carbons (Fsp3) is 0.667. The standard InChI is InChI=1S/C9H16N2O2/c1-2-11-6-4-8(7-11)10-5-3-9(12)13/h3,5,8,10H,2,4,6-7H2,1H3,(H,12,13)/b5-3+. The van der Waals surface area contributed by atoms with E-state index >= 15 is 0 Å². The number of hydrogen-bond donors (Lipinski definition) is 2. The fourth-order valence-corrected chi connectivity index (χ4v) is 1.51. The Kier molecular flexibility index (Phi) is 3.76. The fourth-order valence-electron chi connectivity index (χ4n) is 1.51. The highest BCUT2D eigenvalue weighted by molar-refractivity contribution is 5.79. The number of carbonyl (C=O) groups is 1. The van der Waals surface area contributed by atoms with Crippen LogP contribution in [0.4, 0.5) is 0 Å². The SMILES string of the molecule is CCN1CCC(N/C=C/C(=O)O)C1. The molecule has 4 nitrogen and oxygen atoms in total. The molecule has 0 spiro atoms. The molecule has 0 amide bonds. The van der Waals surface area contributed by atoms with E-state index in [-0.39, 0.29) is 0 Å². The van der Waals surface area contributed by atoms with Crippen molar-refractivity contribution in [2.45, 2.75) is 19.4 Å². The molecular formula is C9H16N2O2. The molecule has 74 valence electrons. The number of hydrogen-bond acceptors (Lipinski definition) is 3. The number of carboxylic acid groups (broad SMARTS) is 1. The number of nitrogens with one attached hydrogen (secondary N) is 1. The highest BCUT2D eigenvalue weighted by Gasteiger charge is 2.19. The number of carboxylic acids is 1. The van der Waals surface area contributed by atoms with E-state index in [0.717, 1.165) is 32.1 Å². The van der Waals surface area contributed by atoms with E-state index in [1.54, 1.807) is 0 Å². The first kappa shape index (κ1) is 10.1. The first-order chi connectivity index (χ1) is 6.22. The lowest BCUT2D eigenvalue weighted by molar-refractivity contribution is -0.131. The lowest BCUT2D eigenvalue weighted by Crippen LogP contribution is -2.29. The lowest BCUT2D eigenvalue weighted by Gasteiger charge is -2.12. The summed E-state index contributed by atoms with van der Waals surface area (Å²) in [5, 5.41) is 11.4. The van der Waals surface area contributed by atoms with Crippen LogP contribution in [0.5, 0.6) is 0 Å². The van der Waals surface area contributed by atoms with E-state index in [9.17, 15) is 4.79 Å². The Morgan fingerprint density at radius 2 is 2.54 bits per heavy atom. The molecule has 0 radical (unpaired) electrons. The summed E-state index contributed by atoms with van der Waals surface area (Å²) >= 11 is 0. The number of rotatable bonds is 4. The molecule has 13 heavy (non-hydrogen) atoms. The van der Waals surface area contributed by atoms with E-state index in [1.807, 2.05) is 0 Å². The molecule has 1 saturated heterocycles. The van der Waals surface area contributed by atoms with E-state index in [0.29, 0.717) is 6.04 Å². The van der Waals surface area contributed by atoms with Crippen LogP contribution in [0.3, 0.4) is 0 Å². The normalized spacial score (nSPS) is 23.9. The zero-order chi connectivity index (χ0) is 9.68. The van der Waals surface area contributed by atoms with Gasteiger partial charge in [0.05, 0.1) is 0 Å². The second-order valence-electron chi connectivity index (χ2n) is 3.22. The number of aliphatic carboxylic acids is 1. The highest BCUT2D eigenvalue weighted by atomic mass is 16.4. The van der Waals surface area contributed by atoms with Gasteiger partial charge in [-0.05, 0) is 13.0 Å². The largest absolute Gasteiger partial charge is 0.478 e. The Morgan fingerprint density at radius 1 is 1.77 bits per heavy atom. The first-order valence-corrected chi connectivity index (χ1v) is 4.60. The van der Waals surface area contributed by atoms with Crippen LogP contribution in [0.2, 0.25) is 0 Å². The van der Waals surface area contributed by atoms with Crippen molar-refractivity contribution in [3.05, 3.63) is 12.3 Å². The third-order valence-electron chi connectivity index (χ3n) is 2.28. The molecule has 1 fully saturated rings. The second-order valence-corrected chi connectivity index (χ2v) is 3.22. The van der Waals surface area contributed by atoms with E-state index in [1.165, 1.54) is 6.20 Å². The summed E-state index contributed by atoms with van der Waals surface area (Å²) in [5.41, 5.74) is 0. The van der Waals surface area contributed by atoms with E-state index in [4.69, 9.17) is 5.11 Å². The van der Waals surface area contributed by atoms with Crippen molar-refractivity contribution in [1.82, 2.24) is 10.2 Å². The molecule has 0 saturated carbocycles. The van der Waals surface area contributed by atoms with Gasteiger partial charge in [-0.3, -0.25) is 0 Å². The van der Waals surface area contributed by atoms with Crippen molar-refractivity contribution in [2.75, 3.05) is 19.6 Å². The van der Waals surface area contributed by atoms with Gasteiger partial charge in [-0.2, -0.15) is 0 Å². The molecule has 1 aliphatic rings. The van der Waals surface area contributed by atoms with Gasteiger partial charge in [0.2, 0.25) is 0 Å². The van der Waals surface area contributed by atoms with Gasteiger partial charge in [-0.15, -0.1) is 0 Å². The number of nitrogens with zero attached hydrogens (tertiary/aromatic N) is 1. The zero-order valence-corrected chi connectivity index (χ0v) is 7.86. The van der Waals surface area contributed by atoms with E-state index < -0.39 is 5.97 Å². The average Bonchev–Trinajstić information content (AvgIpc) is 2.52. The van der Waals surface area contributed by atoms with E-state index in [2.05, 4.69) is 17.1 Å². The van der Waals surface area contributed by atoms with Crippen molar-refractivity contribution >= 4 is 5.97 Å². The molecule has 1 rings (SSSR count).